The van der Waals surface area contributed by atoms with E-state index in [0.29, 0.717) is 0 Å². The first-order chi connectivity index (χ1) is 3.84. The van der Waals surface area contributed by atoms with Crippen LogP contribution in [0.15, 0.2) is 0 Å². The Hall–Kier alpha value is -0.0800. The SMILES string of the molecule is CC[C@@H]1OCC[C@@H]1O. The van der Waals surface area contributed by atoms with Crippen LogP contribution in [0.2, 0.25) is 0 Å². The van der Waals surface area contributed by atoms with Crippen LogP contribution in [0.3, 0.4) is 0 Å². The predicted molar refractivity (Wildman–Crippen MR) is 30.7 cm³/mol. The molecular weight excluding hydrogens is 104 g/mol. The summed E-state index contributed by atoms with van der Waals surface area (Å²) in [4.78, 5) is 0. The normalized spacial score (nSPS) is 38.2. The molecule has 8 heavy (non-hydrogen) atoms. The maximum atomic E-state index is 9.06. The summed E-state index contributed by atoms with van der Waals surface area (Å²) < 4.78 is 5.16. The molecule has 0 saturated carbocycles. The third-order valence-corrected chi connectivity index (χ3v) is 1.58. The van der Waals surface area contributed by atoms with E-state index in [0.717, 1.165) is 19.4 Å². The molecule has 48 valence electrons. The lowest BCUT2D eigenvalue weighted by Crippen LogP contribution is -2.18. The quantitative estimate of drug-likeness (QED) is 0.542. The van der Waals surface area contributed by atoms with Crippen LogP contribution in [0.1, 0.15) is 19.8 Å². The van der Waals surface area contributed by atoms with Gasteiger partial charge >= 0.3 is 0 Å². The fraction of sp³-hybridized carbons (Fsp3) is 1.00. The molecule has 1 rings (SSSR count). The first-order valence-electron chi connectivity index (χ1n) is 3.14. The van der Waals surface area contributed by atoms with Crippen LogP contribution < -0.4 is 0 Å². The fourth-order valence-electron chi connectivity index (χ4n) is 1.03. The van der Waals surface area contributed by atoms with Gasteiger partial charge in [0.2, 0.25) is 0 Å². The van der Waals surface area contributed by atoms with Gasteiger partial charge in [-0.3, -0.25) is 0 Å². The number of ether oxygens (including phenoxy) is 1. The molecule has 2 heteroatoms. The van der Waals surface area contributed by atoms with Crippen LogP contribution in [-0.4, -0.2) is 23.9 Å². The van der Waals surface area contributed by atoms with E-state index >= 15 is 0 Å². The zero-order chi connectivity index (χ0) is 5.98. The van der Waals surface area contributed by atoms with Crippen LogP contribution >= 0.6 is 0 Å². The molecule has 0 aliphatic carbocycles. The predicted octanol–water partition coefficient (Wildman–Crippen LogP) is 0.546. The molecule has 0 aromatic carbocycles. The van der Waals surface area contributed by atoms with E-state index in [9.17, 15) is 0 Å². The smallest absolute Gasteiger partial charge is 0.0832 e. The van der Waals surface area contributed by atoms with Gasteiger partial charge in [-0.15, -0.1) is 0 Å². The molecular formula is C6H12O2. The minimum absolute atomic E-state index is 0.120. The Morgan fingerprint density at radius 3 is 2.75 bits per heavy atom. The summed E-state index contributed by atoms with van der Waals surface area (Å²) in [6.45, 7) is 2.76. The third kappa shape index (κ3) is 1.01. The third-order valence-electron chi connectivity index (χ3n) is 1.58. The molecule has 0 unspecified atom stereocenters. The van der Waals surface area contributed by atoms with Crippen molar-refractivity contribution in [1.29, 1.82) is 0 Å². The highest BCUT2D eigenvalue weighted by atomic mass is 16.5. The van der Waals surface area contributed by atoms with Gasteiger partial charge in [0.05, 0.1) is 12.2 Å². The van der Waals surface area contributed by atoms with Gasteiger partial charge in [0.1, 0.15) is 0 Å². The zero-order valence-electron chi connectivity index (χ0n) is 5.13. The minimum Gasteiger partial charge on any atom is -0.390 e. The summed E-state index contributed by atoms with van der Waals surface area (Å²) in [6, 6.07) is 0. The summed E-state index contributed by atoms with van der Waals surface area (Å²) in [6.07, 6.45) is 1.68. The number of hydrogen-bond donors (Lipinski definition) is 1. The molecule has 1 heterocycles. The van der Waals surface area contributed by atoms with Gasteiger partial charge in [0, 0.05) is 6.61 Å². The molecule has 1 aliphatic rings. The van der Waals surface area contributed by atoms with Gasteiger partial charge in [-0.1, -0.05) is 6.92 Å². The van der Waals surface area contributed by atoms with E-state index in [-0.39, 0.29) is 12.2 Å². The van der Waals surface area contributed by atoms with Gasteiger partial charge in [0.25, 0.3) is 0 Å². The van der Waals surface area contributed by atoms with Crippen molar-refractivity contribution >= 4 is 0 Å². The van der Waals surface area contributed by atoms with Crippen molar-refractivity contribution in [3.05, 3.63) is 0 Å². The topological polar surface area (TPSA) is 29.5 Å². The van der Waals surface area contributed by atoms with Gasteiger partial charge in [-0.25, -0.2) is 0 Å². The first-order valence-corrected chi connectivity index (χ1v) is 3.14. The monoisotopic (exact) mass is 116 g/mol. The van der Waals surface area contributed by atoms with Crippen molar-refractivity contribution in [3.8, 4) is 0 Å². The maximum absolute atomic E-state index is 9.06. The molecule has 1 N–H and O–H groups in total. The van der Waals surface area contributed by atoms with Crippen LogP contribution in [0.25, 0.3) is 0 Å². The Morgan fingerprint density at radius 1 is 1.75 bits per heavy atom. The number of aliphatic hydroxyl groups is 1. The summed E-state index contributed by atoms with van der Waals surface area (Å²) in [5.74, 6) is 0. The molecule has 2 atom stereocenters. The van der Waals surface area contributed by atoms with Crippen molar-refractivity contribution in [3.63, 3.8) is 0 Å². The van der Waals surface area contributed by atoms with E-state index in [1.807, 2.05) is 6.92 Å². The lowest BCUT2D eigenvalue weighted by molar-refractivity contribution is 0.0402. The Bertz CT molecular complexity index is 72.9. The second-order valence-corrected chi connectivity index (χ2v) is 2.17. The van der Waals surface area contributed by atoms with Crippen LogP contribution in [0.4, 0.5) is 0 Å². The Morgan fingerprint density at radius 2 is 2.50 bits per heavy atom. The average molecular weight is 116 g/mol. The summed E-state index contributed by atoms with van der Waals surface area (Å²) in [5, 5.41) is 9.06. The molecule has 0 aromatic heterocycles. The minimum atomic E-state index is -0.194. The lowest BCUT2D eigenvalue weighted by Gasteiger charge is -2.08. The average Bonchev–Trinajstić information content (AvgIpc) is 2.14. The first kappa shape index (κ1) is 6.05. The zero-order valence-corrected chi connectivity index (χ0v) is 5.13. The summed E-state index contributed by atoms with van der Waals surface area (Å²) in [7, 11) is 0. The van der Waals surface area contributed by atoms with Crippen molar-refractivity contribution in [1.82, 2.24) is 0 Å². The van der Waals surface area contributed by atoms with E-state index < -0.39 is 0 Å². The highest BCUT2D eigenvalue weighted by molar-refractivity contribution is 4.72. The van der Waals surface area contributed by atoms with Crippen LogP contribution in [0.5, 0.6) is 0 Å². The molecule has 0 radical (unpaired) electrons. The van der Waals surface area contributed by atoms with Gasteiger partial charge in [-0.05, 0) is 12.8 Å². The van der Waals surface area contributed by atoms with E-state index in [1.165, 1.54) is 0 Å². The molecule has 1 fully saturated rings. The van der Waals surface area contributed by atoms with Gasteiger partial charge in [0.15, 0.2) is 0 Å². The molecule has 0 aromatic rings. The largest absolute Gasteiger partial charge is 0.390 e. The number of aliphatic hydroxyl groups excluding tert-OH is 1. The van der Waals surface area contributed by atoms with Crippen molar-refractivity contribution in [2.24, 2.45) is 0 Å². The number of hydrogen-bond acceptors (Lipinski definition) is 2. The maximum Gasteiger partial charge on any atom is 0.0832 e. The van der Waals surface area contributed by atoms with Crippen molar-refractivity contribution in [2.75, 3.05) is 6.61 Å². The second-order valence-electron chi connectivity index (χ2n) is 2.17. The van der Waals surface area contributed by atoms with E-state index in [2.05, 4.69) is 0 Å². The Kier molecular flexibility index (Phi) is 1.86. The summed E-state index contributed by atoms with van der Waals surface area (Å²) in [5.41, 5.74) is 0. The van der Waals surface area contributed by atoms with Gasteiger partial charge in [-0.2, -0.15) is 0 Å². The van der Waals surface area contributed by atoms with E-state index in [1.54, 1.807) is 0 Å². The van der Waals surface area contributed by atoms with Crippen molar-refractivity contribution in [2.45, 2.75) is 32.0 Å². The van der Waals surface area contributed by atoms with Crippen molar-refractivity contribution < 1.29 is 9.84 Å². The van der Waals surface area contributed by atoms with Gasteiger partial charge < -0.3 is 9.84 Å². The molecule has 1 saturated heterocycles. The Labute approximate surface area is 49.5 Å². The summed E-state index contributed by atoms with van der Waals surface area (Å²) >= 11 is 0. The molecule has 0 spiro atoms. The standard InChI is InChI=1S/C6H12O2/c1-2-6-5(7)3-4-8-6/h5-7H,2-4H2,1H3/t5-,6-/m0/s1. The molecule has 0 bridgehead atoms. The van der Waals surface area contributed by atoms with Crippen LogP contribution in [0, 0.1) is 0 Å². The number of rotatable bonds is 1. The molecule has 1 aliphatic heterocycles. The van der Waals surface area contributed by atoms with Crippen LogP contribution in [-0.2, 0) is 4.74 Å². The highest BCUT2D eigenvalue weighted by Gasteiger charge is 2.23. The Balaban J connectivity index is 2.30. The molecule has 0 amide bonds. The highest BCUT2D eigenvalue weighted by Crippen LogP contribution is 2.15. The lowest BCUT2D eigenvalue weighted by atomic mass is 10.1. The second kappa shape index (κ2) is 2.46. The van der Waals surface area contributed by atoms with E-state index in [4.69, 9.17) is 9.84 Å². The fourth-order valence-corrected chi connectivity index (χ4v) is 1.03. The molecule has 2 nitrogen and oxygen atoms in total.